The highest BCUT2D eigenvalue weighted by Crippen LogP contribution is 2.37. The molecule has 3 aromatic carbocycles. The topological polar surface area (TPSA) is 110 Å². The summed E-state index contributed by atoms with van der Waals surface area (Å²) in [4.78, 5) is 54.4. The summed E-state index contributed by atoms with van der Waals surface area (Å²) in [7, 11) is 0. The minimum atomic E-state index is -5.38. The Morgan fingerprint density at radius 2 is 1.62 bits per heavy atom. The first kappa shape index (κ1) is 30.8. The lowest BCUT2D eigenvalue weighted by Crippen LogP contribution is -2.41. The number of thiol groups is 1. The number of halogens is 3. The number of hydrogen-bond acceptors (Lipinski definition) is 7. The predicted molar refractivity (Wildman–Crippen MR) is 152 cm³/mol. The van der Waals surface area contributed by atoms with E-state index in [1.54, 1.807) is 72.8 Å². The molecular weight excluding hydrogens is 571 g/mol. The molecule has 220 valence electrons. The summed E-state index contributed by atoms with van der Waals surface area (Å²) >= 11 is 4.20. The molecule has 2 N–H and O–H groups in total. The quantitative estimate of drug-likeness (QED) is 0.153. The van der Waals surface area contributed by atoms with Gasteiger partial charge >= 0.3 is 18.1 Å². The van der Waals surface area contributed by atoms with E-state index in [0.29, 0.717) is 36.2 Å². The number of amides is 2. The van der Waals surface area contributed by atoms with Gasteiger partial charge in [-0.2, -0.15) is 25.8 Å². The summed E-state index contributed by atoms with van der Waals surface area (Å²) in [6.07, 6.45) is -4.29. The average molecular weight is 600 g/mol. The maximum atomic E-state index is 14.2. The fourth-order valence-corrected chi connectivity index (χ4v) is 4.94. The van der Waals surface area contributed by atoms with E-state index in [2.05, 4.69) is 17.4 Å². The molecule has 0 bridgehead atoms. The standard InChI is InChI=1S/C30H28F3N3O5S/c31-30(32,33)29(40)41-27(38)17-24(20-9-3-1-4-10-20)35-18-26(37)36(21-11-5-2-6-12-21)23-15-14-19(8-7-13-25(34)42)16-22(23)28(35)39/h1-6,9-12,14-16,24-25,42H,7-8,13,17-18,34H2. The molecule has 3 aromatic rings. The largest absolute Gasteiger partial charge is 0.491 e. The maximum absolute atomic E-state index is 14.2. The normalized spacial score (nSPS) is 15.1. The third-order valence-electron chi connectivity index (χ3n) is 6.69. The Kier molecular flexibility index (Phi) is 9.69. The molecule has 0 aliphatic carbocycles. The Hall–Kier alpha value is -4.16. The molecule has 12 heteroatoms. The third kappa shape index (κ3) is 7.37. The first-order chi connectivity index (χ1) is 20.0. The van der Waals surface area contributed by atoms with Crippen LogP contribution in [0.4, 0.5) is 24.5 Å². The van der Waals surface area contributed by atoms with E-state index >= 15 is 0 Å². The smallest absolute Gasteiger partial charge is 0.386 e. The molecule has 1 heterocycles. The van der Waals surface area contributed by atoms with Crippen molar-refractivity contribution in [3.63, 3.8) is 0 Å². The molecule has 42 heavy (non-hydrogen) atoms. The van der Waals surface area contributed by atoms with Crippen molar-refractivity contribution in [2.75, 3.05) is 11.4 Å². The van der Waals surface area contributed by atoms with Gasteiger partial charge in [0.05, 0.1) is 23.7 Å². The molecular formula is C30H28F3N3O5S. The second-order valence-corrected chi connectivity index (χ2v) is 10.4. The van der Waals surface area contributed by atoms with Crippen LogP contribution in [0.1, 0.15) is 46.8 Å². The van der Waals surface area contributed by atoms with Crippen molar-refractivity contribution >= 4 is 47.8 Å². The predicted octanol–water partition coefficient (Wildman–Crippen LogP) is 5.11. The molecule has 8 nitrogen and oxygen atoms in total. The Morgan fingerprint density at radius 3 is 2.24 bits per heavy atom. The number of hydrogen-bond donors (Lipinski definition) is 2. The van der Waals surface area contributed by atoms with E-state index in [1.165, 1.54) is 4.90 Å². The molecule has 0 radical (unpaired) electrons. The van der Waals surface area contributed by atoms with Crippen LogP contribution in [0.15, 0.2) is 78.9 Å². The second-order valence-electron chi connectivity index (χ2n) is 9.70. The summed E-state index contributed by atoms with van der Waals surface area (Å²) in [6.45, 7) is -0.508. The van der Waals surface area contributed by atoms with E-state index < -0.39 is 48.9 Å². The van der Waals surface area contributed by atoms with Gasteiger partial charge in [0, 0.05) is 11.1 Å². The first-order valence-electron chi connectivity index (χ1n) is 13.1. The molecule has 0 spiro atoms. The van der Waals surface area contributed by atoms with E-state index in [-0.39, 0.29) is 10.9 Å². The fourth-order valence-electron chi connectivity index (χ4n) is 4.75. The summed E-state index contributed by atoms with van der Waals surface area (Å²) in [6, 6.07) is 20.6. The van der Waals surface area contributed by atoms with Crippen molar-refractivity contribution in [3.8, 4) is 0 Å². The number of carbonyl (C=O) groups excluding carboxylic acids is 4. The van der Waals surface area contributed by atoms with Crippen LogP contribution in [-0.4, -0.2) is 46.7 Å². The van der Waals surface area contributed by atoms with Crippen LogP contribution in [0.3, 0.4) is 0 Å². The molecule has 2 atom stereocenters. The van der Waals surface area contributed by atoms with Crippen molar-refractivity contribution in [1.82, 2.24) is 4.90 Å². The monoisotopic (exact) mass is 599 g/mol. The zero-order valence-electron chi connectivity index (χ0n) is 22.3. The number of rotatable bonds is 9. The number of ether oxygens (including phenoxy) is 1. The minimum Gasteiger partial charge on any atom is -0.386 e. The summed E-state index contributed by atoms with van der Waals surface area (Å²) in [5, 5.41) is -0.301. The van der Waals surface area contributed by atoms with Crippen LogP contribution in [-0.2, 0) is 25.5 Å². The SMILES string of the molecule is NC(S)CCCc1ccc2c(c1)C(=O)N(C(CC(=O)OC(=O)C(F)(F)F)c1ccccc1)CC(=O)N2c1ccccc1. The number of alkyl halides is 3. The Morgan fingerprint density at radius 1 is 0.976 bits per heavy atom. The van der Waals surface area contributed by atoms with Gasteiger partial charge in [0.25, 0.3) is 11.8 Å². The van der Waals surface area contributed by atoms with Crippen LogP contribution in [0.2, 0.25) is 0 Å². The molecule has 1 aliphatic rings. The minimum absolute atomic E-state index is 0.165. The highest BCUT2D eigenvalue weighted by molar-refractivity contribution is 7.80. The van der Waals surface area contributed by atoms with Gasteiger partial charge in [-0.15, -0.1) is 0 Å². The number of nitrogens with two attached hydrogens (primary N) is 1. The summed E-state index contributed by atoms with van der Waals surface area (Å²) in [5.74, 6) is -5.28. The molecule has 0 saturated heterocycles. The first-order valence-corrected chi connectivity index (χ1v) is 13.6. The molecule has 0 saturated carbocycles. The number of fused-ring (bicyclic) bond motifs is 1. The molecule has 2 unspecified atom stereocenters. The number of esters is 2. The van der Waals surface area contributed by atoms with E-state index in [1.807, 2.05) is 6.07 Å². The van der Waals surface area contributed by atoms with Crippen molar-refractivity contribution < 1.29 is 37.1 Å². The highest BCUT2D eigenvalue weighted by atomic mass is 32.1. The number of aryl methyl sites for hydroxylation is 1. The molecule has 4 rings (SSSR count). The average Bonchev–Trinajstić information content (AvgIpc) is 3.05. The lowest BCUT2D eigenvalue weighted by molar-refractivity contribution is -0.202. The van der Waals surface area contributed by atoms with Gasteiger partial charge in [0.15, 0.2) is 0 Å². The van der Waals surface area contributed by atoms with Crippen molar-refractivity contribution in [3.05, 3.63) is 95.6 Å². The number of anilines is 2. The number of nitrogens with zero attached hydrogens (tertiary/aromatic N) is 2. The van der Waals surface area contributed by atoms with Gasteiger partial charge in [-0.25, -0.2) is 4.79 Å². The van der Waals surface area contributed by atoms with Crippen molar-refractivity contribution in [1.29, 1.82) is 0 Å². The van der Waals surface area contributed by atoms with Gasteiger partial charge in [-0.1, -0.05) is 54.6 Å². The van der Waals surface area contributed by atoms with Gasteiger partial charge in [-0.3, -0.25) is 19.3 Å². The van der Waals surface area contributed by atoms with Crippen LogP contribution < -0.4 is 10.6 Å². The number of carbonyl (C=O) groups is 4. The highest BCUT2D eigenvalue weighted by Gasteiger charge is 2.43. The molecule has 0 fully saturated rings. The van der Waals surface area contributed by atoms with E-state index in [9.17, 15) is 32.3 Å². The number of benzene rings is 3. The van der Waals surface area contributed by atoms with Crippen LogP contribution in [0.5, 0.6) is 0 Å². The fraction of sp³-hybridized carbons (Fsp3) is 0.267. The Balaban J connectivity index is 1.77. The van der Waals surface area contributed by atoms with E-state index in [4.69, 9.17) is 5.73 Å². The number of para-hydroxylation sites is 1. The lowest BCUT2D eigenvalue weighted by Gasteiger charge is -2.30. The third-order valence-corrected chi connectivity index (χ3v) is 6.94. The second kappa shape index (κ2) is 13.2. The lowest BCUT2D eigenvalue weighted by atomic mass is 9.99. The van der Waals surface area contributed by atoms with Crippen LogP contribution >= 0.6 is 12.6 Å². The zero-order chi connectivity index (χ0) is 30.4. The summed E-state index contributed by atoms with van der Waals surface area (Å²) in [5.41, 5.74) is 7.89. The molecule has 2 amide bonds. The molecule has 1 aliphatic heterocycles. The van der Waals surface area contributed by atoms with Gasteiger partial charge in [-0.05, 0) is 54.7 Å². The van der Waals surface area contributed by atoms with Gasteiger partial charge in [0.2, 0.25) is 0 Å². The maximum Gasteiger partial charge on any atom is 0.491 e. The van der Waals surface area contributed by atoms with Crippen LogP contribution in [0, 0.1) is 0 Å². The van der Waals surface area contributed by atoms with Gasteiger partial charge in [0.1, 0.15) is 6.54 Å². The Bertz CT molecular complexity index is 1450. The summed E-state index contributed by atoms with van der Waals surface area (Å²) < 4.78 is 42.4. The van der Waals surface area contributed by atoms with Crippen molar-refractivity contribution in [2.45, 2.75) is 43.3 Å². The zero-order valence-corrected chi connectivity index (χ0v) is 23.2. The Labute approximate surface area is 245 Å². The van der Waals surface area contributed by atoms with Crippen molar-refractivity contribution in [2.24, 2.45) is 5.73 Å². The molecule has 0 aromatic heterocycles. The van der Waals surface area contributed by atoms with E-state index in [0.717, 1.165) is 10.5 Å². The van der Waals surface area contributed by atoms with Crippen LogP contribution in [0.25, 0.3) is 0 Å². The van der Waals surface area contributed by atoms with Gasteiger partial charge < -0.3 is 15.4 Å².